The number of para-hydroxylation sites is 1. The number of nitrogens with one attached hydrogen (secondary N) is 1. The van der Waals surface area contributed by atoms with Crippen LogP contribution in [0.3, 0.4) is 0 Å². The van der Waals surface area contributed by atoms with Gasteiger partial charge in [0.05, 0.1) is 12.0 Å². The molecule has 1 atom stereocenters. The molecule has 0 saturated carbocycles. The molecule has 0 radical (unpaired) electrons. The summed E-state index contributed by atoms with van der Waals surface area (Å²) in [4.78, 5) is 0. The summed E-state index contributed by atoms with van der Waals surface area (Å²) in [6, 6.07) is 8.31. The molecule has 1 aliphatic heterocycles. The van der Waals surface area contributed by atoms with Crippen LogP contribution in [-0.2, 0) is 0 Å². The van der Waals surface area contributed by atoms with Crippen LogP contribution in [0.2, 0.25) is 0 Å². The number of ether oxygens (including phenoxy) is 1. The van der Waals surface area contributed by atoms with E-state index in [0.29, 0.717) is 5.37 Å². The molecule has 2 rings (SSSR count). The number of thioether (sulfide) groups is 1. The summed E-state index contributed by atoms with van der Waals surface area (Å²) in [6.45, 7) is 3.87. The molecule has 2 nitrogen and oxygen atoms in total. The summed E-state index contributed by atoms with van der Waals surface area (Å²) < 4.78 is 5.64. The fourth-order valence-corrected chi connectivity index (χ4v) is 2.91. The Bertz CT molecular complexity index is 310. The van der Waals surface area contributed by atoms with Crippen LogP contribution in [0.4, 0.5) is 0 Å². The first-order chi connectivity index (χ1) is 7.42. The molecule has 1 saturated heterocycles. The zero-order chi connectivity index (χ0) is 10.5. The molecule has 0 aromatic heterocycles. The van der Waals surface area contributed by atoms with Crippen molar-refractivity contribution in [3.63, 3.8) is 0 Å². The molecular weight excluding hydrogens is 206 g/mol. The molecule has 82 valence electrons. The minimum Gasteiger partial charge on any atom is -0.494 e. The van der Waals surface area contributed by atoms with E-state index in [4.69, 9.17) is 4.74 Å². The molecule has 1 aliphatic rings. The molecule has 1 heterocycles. The van der Waals surface area contributed by atoms with Crippen LogP contribution in [0, 0.1) is 0 Å². The first kappa shape index (κ1) is 10.8. The van der Waals surface area contributed by atoms with Gasteiger partial charge < -0.3 is 10.1 Å². The highest BCUT2D eigenvalue weighted by molar-refractivity contribution is 7.99. The number of rotatable bonds is 3. The molecule has 1 aromatic carbocycles. The SMILES string of the molecule is CCOc1ccccc1C1NCCCS1. The maximum atomic E-state index is 5.64. The summed E-state index contributed by atoms with van der Waals surface area (Å²) in [5, 5.41) is 3.92. The van der Waals surface area contributed by atoms with Crippen molar-refractivity contribution in [3.8, 4) is 5.75 Å². The van der Waals surface area contributed by atoms with E-state index < -0.39 is 0 Å². The average molecular weight is 223 g/mol. The van der Waals surface area contributed by atoms with E-state index in [1.54, 1.807) is 0 Å². The van der Waals surface area contributed by atoms with Crippen LogP contribution in [0.25, 0.3) is 0 Å². The van der Waals surface area contributed by atoms with Crippen molar-refractivity contribution in [2.75, 3.05) is 18.9 Å². The highest BCUT2D eigenvalue weighted by Crippen LogP contribution is 2.34. The van der Waals surface area contributed by atoms with Gasteiger partial charge >= 0.3 is 0 Å². The van der Waals surface area contributed by atoms with Crippen molar-refractivity contribution >= 4 is 11.8 Å². The van der Waals surface area contributed by atoms with E-state index in [9.17, 15) is 0 Å². The molecule has 1 aromatic rings. The Labute approximate surface area is 95.4 Å². The lowest BCUT2D eigenvalue weighted by Crippen LogP contribution is -2.25. The van der Waals surface area contributed by atoms with Crippen LogP contribution < -0.4 is 10.1 Å². The van der Waals surface area contributed by atoms with Gasteiger partial charge in [-0.25, -0.2) is 0 Å². The van der Waals surface area contributed by atoms with E-state index in [-0.39, 0.29) is 0 Å². The van der Waals surface area contributed by atoms with Crippen LogP contribution >= 0.6 is 11.8 Å². The number of benzene rings is 1. The van der Waals surface area contributed by atoms with Crippen LogP contribution in [0.5, 0.6) is 5.75 Å². The van der Waals surface area contributed by atoms with Gasteiger partial charge in [-0.15, -0.1) is 11.8 Å². The Kier molecular flexibility index (Phi) is 3.92. The van der Waals surface area contributed by atoms with E-state index in [0.717, 1.165) is 18.9 Å². The predicted molar refractivity (Wildman–Crippen MR) is 65.4 cm³/mol. The minimum atomic E-state index is 0.404. The predicted octanol–water partition coefficient (Wildman–Crippen LogP) is 2.81. The third kappa shape index (κ3) is 2.67. The maximum absolute atomic E-state index is 5.64. The second-order valence-electron chi connectivity index (χ2n) is 3.53. The largest absolute Gasteiger partial charge is 0.494 e. The summed E-state index contributed by atoms with van der Waals surface area (Å²) >= 11 is 1.97. The van der Waals surface area contributed by atoms with E-state index in [1.165, 1.54) is 17.7 Å². The second-order valence-corrected chi connectivity index (χ2v) is 4.74. The lowest BCUT2D eigenvalue weighted by atomic mass is 10.2. The molecule has 15 heavy (non-hydrogen) atoms. The van der Waals surface area contributed by atoms with Gasteiger partial charge in [-0.1, -0.05) is 18.2 Å². The Morgan fingerprint density at radius 3 is 3.07 bits per heavy atom. The van der Waals surface area contributed by atoms with E-state index >= 15 is 0 Å². The van der Waals surface area contributed by atoms with E-state index in [1.807, 2.05) is 24.8 Å². The fraction of sp³-hybridized carbons (Fsp3) is 0.500. The van der Waals surface area contributed by atoms with Crippen LogP contribution in [0.15, 0.2) is 24.3 Å². The van der Waals surface area contributed by atoms with Crippen molar-refractivity contribution in [3.05, 3.63) is 29.8 Å². The van der Waals surface area contributed by atoms with Gasteiger partial charge in [-0.2, -0.15) is 0 Å². The van der Waals surface area contributed by atoms with Gasteiger partial charge in [0, 0.05) is 5.56 Å². The quantitative estimate of drug-likeness (QED) is 0.851. The standard InChI is InChI=1S/C12H17NOS/c1-2-14-11-7-4-3-6-10(11)12-13-8-5-9-15-12/h3-4,6-7,12-13H,2,5,8-9H2,1H3. The molecule has 0 spiro atoms. The molecule has 1 N–H and O–H groups in total. The van der Waals surface area contributed by atoms with Gasteiger partial charge in [-0.3, -0.25) is 0 Å². The molecule has 1 fully saturated rings. The molecule has 1 unspecified atom stereocenters. The summed E-state index contributed by atoms with van der Waals surface area (Å²) in [5.74, 6) is 2.25. The van der Waals surface area contributed by atoms with E-state index in [2.05, 4.69) is 23.5 Å². The van der Waals surface area contributed by atoms with Gasteiger partial charge in [0.2, 0.25) is 0 Å². The third-order valence-electron chi connectivity index (χ3n) is 2.44. The van der Waals surface area contributed by atoms with Gasteiger partial charge in [0.15, 0.2) is 0 Å². The monoisotopic (exact) mass is 223 g/mol. The molecule has 0 bridgehead atoms. The van der Waals surface area contributed by atoms with Crippen molar-refractivity contribution in [1.82, 2.24) is 5.32 Å². The van der Waals surface area contributed by atoms with Crippen LogP contribution in [-0.4, -0.2) is 18.9 Å². The topological polar surface area (TPSA) is 21.3 Å². The Morgan fingerprint density at radius 1 is 1.47 bits per heavy atom. The second kappa shape index (κ2) is 5.42. The van der Waals surface area contributed by atoms with Gasteiger partial charge in [0.25, 0.3) is 0 Å². The summed E-state index contributed by atoms with van der Waals surface area (Å²) in [5.41, 5.74) is 1.28. The summed E-state index contributed by atoms with van der Waals surface area (Å²) in [6.07, 6.45) is 1.26. The summed E-state index contributed by atoms with van der Waals surface area (Å²) in [7, 11) is 0. The number of hydrogen-bond acceptors (Lipinski definition) is 3. The lowest BCUT2D eigenvalue weighted by molar-refractivity contribution is 0.335. The third-order valence-corrected chi connectivity index (χ3v) is 3.71. The van der Waals surface area contributed by atoms with Crippen molar-refractivity contribution < 1.29 is 4.74 Å². The lowest BCUT2D eigenvalue weighted by Gasteiger charge is -2.25. The highest BCUT2D eigenvalue weighted by atomic mass is 32.2. The Balaban J connectivity index is 2.17. The highest BCUT2D eigenvalue weighted by Gasteiger charge is 2.18. The van der Waals surface area contributed by atoms with Crippen molar-refractivity contribution in [1.29, 1.82) is 0 Å². The molecule has 0 aliphatic carbocycles. The zero-order valence-corrected chi connectivity index (χ0v) is 9.85. The molecular formula is C12H17NOS. The molecule has 0 amide bonds. The van der Waals surface area contributed by atoms with Crippen LogP contribution in [0.1, 0.15) is 24.3 Å². The van der Waals surface area contributed by atoms with Gasteiger partial charge in [-0.05, 0) is 31.7 Å². The zero-order valence-electron chi connectivity index (χ0n) is 9.03. The normalized spacial score (nSPS) is 21.3. The fourth-order valence-electron chi connectivity index (χ4n) is 1.75. The van der Waals surface area contributed by atoms with Gasteiger partial charge in [0.1, 0.15) is 5.75 Å². The number of hydrogen-bond donors (Lipinski definition) is 1. The Morgan fingerprint density at radius 2 is 2.33 bits per heavy atom. The van der Waals surface area contributed by atoms with Crippen molar-refractivity contribution in [2.45, 2.75) is 18.7 Å². The minimum absolute atomic E-state index is 0.404. The molecule has 3 heteroatoms. The smallest absolute Gasteiger partial charge is 0.124 e. The Hall–Kier alpha value is -0.670. The maximum Gasteiger partial charge on any atom is 0.124 e. The average Bonchev–Trinajstić information content (AvgIpc) is 2.31. The van der Waals surface area contributed by atoms with Crippen molar-refractivity contribution in [2.24, 2.45) is 0 Å². The first-order valence-corrected chi connectivity index (χ1v) is 6.53. The first-order valence-electron chi connectivity index (χ1n) is 5.48.